The van der Waals surface area contributed by atoms with Gasteiger partial charge in [-0.15, -0.1) is 0 Å². The Morgan fingerprint density at radius 2 is 1.60 bits per heavy atom. The first-order valence-electron chi connectivity index (χ1n) is 16.5. The van der Waals surface area contributed by atoms with Gasteiger partial charge < -0.3 is 24.8 Å². The minimum atomic E-state index is -1.12. The number of aliphatic hydroxyl groups excluding tert-OH is 2. The van der Waals surface area contributed by atoms with Crippen LogP contribution in [0.2, 0.25) is 0 Å². The van der Waals surface area contributed by atoms with E-state index in [2.05, 4.69) is 20.8 Å². The first-order chi connectivity index (χ1) is 18.8. The van der Waals surface area contributed by atoms with Crippen LogP contribution in [0.25, 0.3) is 0 Å². The van der Waals surface area contributed by atoms with Gasteiger partial charge in [0.1, 0.15) is 0 Å². The summed E-state index contributed by atoms with van der Waals surface area (Å²) in [6, 6.07) is 0. The highest BCUT2D eigenvalue weighted by Crippen LogP contribution is 2.87. The van der Waals surface area contributed by atoms with Gasteiger partial charge in [0, 0.05) is 7.11 Å². The van der Waals surface area contributed by atoms with Gasteiger partial charge in [-0.1, -0.05) is 27.2 Å². The number of ether oxygens (including phenoxy) is 2. The molecule has 6 aliphatic carbocycles. The van der Waals surface area contributed by atoms with E-state index in [1.807, 2.05) is 0 Å². The van der Waals surface area contributed by atoms with Gasteiger partial charge >= 0.3 is 5.97 Å². The zero-order valence-corrected chi connectivity index (χ0v) is 26.0. The third-order valence-corrected chi connectivity index (χ3v) is 14.3. The number of aliphatic hydroxyl groups is 3. The summed E-state index contributed by atoms with van der Waals surface area (Å²) in [6.45, 7) is 10.8. The lowest BCUT2D eigenvalue weighted by Crippen LogP contribution is -2.54. The summed E-state index contributed by atoms with van der Waals surface area (Å²) in [5.41, 5.74) is 0.222. The number of carbonyl (C=O) groups is 1. The lowest BCUT2D eigenvalue weighted by molar-refractivity contribution is -0.206. The van der Waals surface area contributed by atoms with Crippen molar-refractivity contribution in [1.29, 1.82) is 0 Å². The van der Waals surface area contributed by atoms with Crippen LogP contribution >= 0.6 is 0 Å². The van der Waals surface area contributed by atoms with Crippen LogP contribution in [0.1, 0.15) is 118 Å². The Kier molecular flexibility index (Phi) is 7.09. The molecule has 7 aliphatic rings. The summed E-state index contributed by atoms with van der Waals surface area (Å²) < 4.78 is 12.9. The molecule has 7 fully saturated rings. The number of fused-ring (bicyclic) bond motifs is 4. The van der Waals surface area contributed by atoms with E-state index in [0.717, 1.165) is 58.0 Å². The van der Waals surface area contributed by atoms with Crippen LogP contribution in [-0.2, 0) is 14.3 Å². The van der Waals surface area contributed by atoms with Crippen molar-refractivity contribution < 1.29 is 29.6 Å². The Morgan fingerprint density at radius 3 is 2.25 bits per heavy atom. The van der Waals surface area contributed by atoms with E-state index >= 15 is 0 Å². The topological polar surface area (TPSA) is 96.2 Å². The first kappa shape index (κ1) is 29.4. The molecule has 6 saturated carbocycles. The molecule has 0 aromatic heterocycles. The van der Waals surface area contributed by atoms with Crippen molar-refractivity contribution in [1.82, 2.24) is 0 Å². The number of hydrogen-bond acceptors (Lipinski definition) is 6. The van der Waals surface area contributed by atoms with Crippen molar-refractivity contribution in [2.24, 2.45) is 51.2 Å². The molecule has 1 aliphatic heterocycles. The summed E-state index contributed by atoms with van der Waals surface area (Å²) in [5, 5.41) is 28.9. The molecule has 6 heteroatoms. The fourth-order valence-electron chi connectivity index (χ4n) is 12.0. The predicted molar refractivity (Wildman–Crippen MR) is 153 cm³/mol. The van der Waals surface area contributed by atoms with E-state index < -0.39 is 11.7 Å². The van der Waals surface area contributed by atoms with E-state index in [4.69, 9.17) is 14.6 Å². The number of hydrogen-bond donors (Lipinski definition) is 3. The van der Waals surface area contributed by atoms with Crippen molar-refractivity contribution >= 4 is 5.97 Å². The van der Waals surface area contributed by atoms with E-state index in [9.17, 15) is 15.0 Å². The molecule has 2 spiro atoms. The quantitative estimate of drug-likeness (QED) is 0.385. The van der Waals surface area contributed by atoms with Crippen molar-refractivity contribution in [2.75, 3.05) is 7.11 Å². The second-order valence-electron chi connectivity index (χ2n) is 16.5. The Morgan fingerprint density at radius 1 is 0.900 bits per heavy atom. The van der Waals surface area contributed by atoms with E-state index in [0.29, 0.717) is 34.0 Å². The zero-order chi connectivity index (χ0) is 28.9. The fourth-order valence-corrected chi connectivity index (χ4v) is 12.0. The maximum atomic E-state index is 12.8. The molecule has 0 radical (unpaired) electrons. The molecule has 3 N–H and O–H groups in total. The van der Waals surface area contributed by atoms with Gasteiger partial charge in [-0.25, -0.2) is 0 Å². The Labute approximate surface area is 242 Å². The molecule has 0 bridgehead atoms. The van der Waals surface area contributed by atoms with Crippen LogP contribution in [0.4, 0.5) is 0 Å². The molecule has 228 valence electrons. The average Bonchev–Trinajstić information content (AvgIpc) is 3.45. The minimum absolute atomic E-state index is 0.00695. The molecule has 7 unspecified atom stereocenters. The molecule has 1 saturated heterocycles. The summed E-state index contributed by atoms with van der Waals surface area (Å²) in [7, 11) is 1.00. The number of rotatable bonds is 4. The fraction of sp³-hybridized carbons (Fsp3) is 0.971. The van der Waals surface area contributed by atoms with Gasteiger partial charge in [0.05, 0.1) is 29.8 Å². The van der Waals surface area contributed by atoms with E-state index in [1.54, 1.807) is 13.8 Å². The largest absolute Gasteiger partial charge is 0.456 e. The van der Waals surface area contributed by atoms with Crippen molar-refractivity contribution in [2.45, 2.75) is 148 Å². The highest BCUT2D eigenvalue weighted by molar-refractivity contribution is 5.73. The smallest absolute Gasteiger partial charge is 0.309 e. The Hall–Kier alpha value is -0.690. The molecular weight excluding hydrogens is 504 g/mol. The maximum absolute atomic E-state index is 12.8. The van der Waals surface area contributed by atoms with Crippen LogP contribution in [0, 0.1) is 51.2 Å². The lowest BCUT2D eigenvalue weighted by atomic mass is 9.46. The summed E-state index contributed by atoms with van der Waals surface area (Å²) in [6.07, 6.45) is 14.1. The third kappa shape index (κ3) is 3.97. The first-order valence-corrected chi connectivity index (χ1v) is 16.5. The molecule has 0 aromatic rings. The Balaban J connectivity index is 0.00000142. The van der Waals surface area contributed by atoms with Crippen molar-refractivity contribution in [3.8, 4) is 0 Å². The predicted octanol–water partition coefficient (Wildman–Crippen LogP) is 5.65. The molecule has 0 aromatic carbocycles. The maximum Gasteiger partial charge on any atom is 0.309 e. The van der Waals surface area contributed by atoms with Gasteiger partial charge in [0.15, 0.2) is 6.10 Å². The van der Waals surface area contributed by atoms with Crippen LogP contribution in [-0.4, -0.2) is 58.4 Å². The minimum Gasteiger partial charge on any atom is -0.456 e. The highest BCUT2D eigenvalue weighted by Gasteiger charge is 2.80. The lowest BCUT2D eigenvalue weighted by Gasteiger charge is -2.59. The molecule has 0 amide bonds. The van der Waals surface area contributed by atoms with Gasteiger partial charge in [-0.2, -0.15) is 0 Å². The molecule has 1 heterocycles. The standard InChI is InChI=1S/C33H52O5.CH4O/c1-29(2)25-12-10-20-22-17-24-21(31(22,5)15-16-32(20)18-33(25,32)14-13-26(29)34)9-11-23(37-24)27(30(3,4)36)38-28(35)19-7-6-8-19;1-2/h19-27,34,36H,6-18H2,1-5H3;2H,1H3/t20?,21?,22?,23?,24?,25?,26-,27-,31?,32-,33+;/m0./s1. The third-order valence-electron chi connectivity index (χ3n) is 14.3. The van der Waals surface area contributed by atoms with Gasteiger partial charge in [-0.05, 0) is 136 Å². The van der Waals surface area contributed by atoms with Crippen LogP contribution < -0.4 is 0 Å². The van der Waals surface area contributed by atoms with Crippen molar-refractivity contribution in [3.63, 3.8) is 0 Å². The van der Waals surface area contributed by atoms with Crippen molar-refractivity contribution in [3.05, 3.63) is 0 Å². The van der Waals surface area contributed by atoms with E-state index in [-0.39, 0.29) is 35.6 Å². The van der Waals surface area contributed by atoms with Crippen LogP contribution in [0.5, 0.6) is 0 Å². The summed E-state index contributed by atoms with van der Waals surface area (Å²) >= 11 is 0. The number of esters is 1. The van der Waals surface area contributed by atoms with E-state index in [1.165, 1.54) is 38.5 Å². The number of carbonyl (C=O) groups excluding carboxylic acids is 1. The normalized spacial score (nSPS) is 49.4. The monoisotopic (exact) mass is 560 g/mol. The van der Waals surface area contributed by atoms with Gasteiger partial charge in [0.2, 0.25) is 0 Å². The summed E-state index contributed by atoms with van der Waals surface area (Å²) in [5.74, 6) is 2.60. The van der Waals surface area contributed by atoms with Crippen LogP contribution in [0.3, 0.4) is 0 Å². The summed E-state index contributed by atoms with van der Waals surface area (Å²) in [4.78, 5) is 12.8. The average molecular weight is 561 g/mol. The van der Waals surface area contributed by atoms with Gasteiger partial charge in [0.25, 0.3) is 0 Å². The second kappa shape index (κ2) is 9.66. The molecule has 40 heavy (non-hydrogen) atoms. The van der Waals surface area contributed by atoms with Gasteiger partial charge in [-0.3, -0.25) is 4.79 Å². The molecular formula is C34H56O6. The molecule has 11 atom stereocenters. The van der Waals surface area contributed by atoms with Crippen LogP contribution in [0.15, 0.2) is 0 Å². The molecule has 7 rings (SSSR count). The second-order valence-corrected chi connectivity index (χ2v) is 16.5. The Bertz CT molecular complexity index is 983. The molecule has 6 nitrogen and oxygen atoms in total. The SMILES string of the molecule is CC12CC[C@@]34C[C@@]35CC[C@H](O)C(C)(C)C5CCC4C1CC1OC([C@H](OC(=O)C3CCC3)C(C)(C)O)CCC12.CO. The highest BCUT2D eigenvalue weighted by atomic mass is 16.6. The zero-order valence-electron chi connectivity index (χ0n) is 26.0.